The molecule has 10 heteroatoms. The highest BCUT2D eigenvalue weighted by Gasteiger charge is 2.32. The second-order valence-corrected chi connectivity index (χ2v) is 8.61. The number of nitrogens with zero attached hydrogens (tertiary/aromatic N) is 2. The molecule has 2 heterocycles. The average Bonchev–Trinajstić information content (AvgIpc) is 2.72. The predicted molar refractivity (Wildman–Crippen MR) is 110 cm³/mol. The predicted octanol–water partition coefficient (Wildman–Crippen LogP) is 3.66. The molecule has 1 aliphatic rings. The maximum atomic E-state index is 14.8. The highest BCUT2D eigenvalue weighted by Crippen LogP contribution is 2.34. The number of aliphatic imine (C=N–C) groups is 1. The molecule has 0 saturated heterocycles. The van der Waals surface area contributed by atoms with Gasteiger partial charge in [0.15, 0.2) is 11.6 Å². The van der Waals surface area contributed by atoms with Crippen LogP contribution in [0.25, 0.3) is 0 Å². The minimum atomic E-state index is -4.23. The Morgan fingerprint density at radius 3 is 2.58 bits per heavy atom. The van der Waals surface area contributed by atoms with E-state index in [2.05, 4.69) is 20.0 Å². The molecule has 2 aromatic carbocycles. The van der Waals surface area contributed by atoms with Crippen LogP contribution in [-0.2, 0) is 23.0 Å². The van der Waals surface area contributed by atoms with Gasteiger partial charge in [-0.05, 0) is 36.2 Å². The summed E-state index contributed by atoms with van der Waals surface area (Å²) < 4.78 is 70.3. The highest BCUT2D eigenvalue weighted by molar-refractivity contribution is 7.90. The minimum Gasteiger partial charge on any atom is -0.324 e. The largest absolute Gasteiger partial charge is 0.324 e. The number of aromatic nitrogens is 1. The van der Waals surface area contributed by atoms with Crippen LogP contribution >= 0.6 is 0 Å². The van der Waals surface area contributed by atoms with Gasteiger partial charge in [0.1, 0.15) is 10.7 Å². The van der Waals surface area contributed by atoms with Crippen LogP contribution < -0.4 is 10.0 Å². The van der Waals surface area contributed by atoms with Crippen molar-refractivity contribution in [1.82, 2.24) is 9.71 Å². The molecule has 3 aromatic rings. The first-order valence-corrected chi connectivity index (χ1v) is 10.7. The number of rotatable bonds is 4. The second-order valence-electron chi connectivity index (χ2n) is 6.95. The maximum Gasteiger partial charge on any atom is 0.266 e. The van der Waals surface area contributed by atoms with E-state index in [9.17, 15) is 21.6 Å². The van der Waals surface area contributed by atoms with Crippen LogP contribution in [0.1, 0.15) is 22.4 Å². The smallest absolute Gasteiger partial charge is 0.266 e. The SMILES string of the molecule is Cc1ccccc1Cc1c(F)c(F)cc2c1NC(=NCc1ncccc1F)NS2(=O)=O. The van der Waals surface area contributed by atoms with E-state index < -0.39 is 32.4 Å². The third-order valence-corrected chi connectivity index (χ3v) is 6.26. The summed E-state index contributed by atoms with van der Waals surface area (Å²) in [6.45, 7) is 1.56. The van der Waals surface area contributed by atoms with Gasteiger partial charge in [0.2, 0.25) is 5.96 Å². The van der Waals surface area contributed by atoms with E-state index >= 15 is 0 Å². The lowest BCUT2D eigenvalue weighted by molar-refractivity contribution is 0.497. The van der Waals surface area contributed by atoms with Gasteiger partial charge in [0, 0.05) is 18.2 Å². The van der Waals surface area contributed by atoms with E-state index in [0.29, 0.717) is 11.6 Å². The van der Waals surface area contributed by atoms with Crippen molar-refractivity contribution in [3.8, 4) is 0 Å². The lowest BCUT2D eigenvalue weighted by Crippen LogP contribution is -2.41. The van der Waals surface area contributed by atoms with Gasteiger partial charge in [0.05, 0.1) is 17.9 Å². The Bertz CT molecular complexity index is 1310. The van der Waals surface area contributed by atoms with E-state index in [1.165, 1.54) is 18.3 Å². The Balaban J connectivity index is 1.78. The van der Waals surface area contributed by atoms with Gasteiger partial charge < -0.3 is 5.32 Å². The van der Waals surface area contributed by atoms with Gasteiger partial charge >= 0.3 is 0 Å². The average molecular weight is 446 g/mol. The topological polar surface area (TPSA) is 83.4 Å². The Morgan fingerprint density at radius 1 is 1.06 bits per heavy atom. The number of pyridine rings is 1. The number of fused-ring (bicyclic) bond motifs is 1. The number of nitrogens with one attached hydrogen (secondary N) is 2. The molecule has 0 atom stereocenters. The van der Waals surface area contributed by atoms with Crippen molar-refractivity contribution in [2.75, 3.05) is 5.32 Å². The van der Waals surface area contributed by atoms with Gasteiger partial charge in [-0.1, -0.05) is 24.3 Å². The lowest BCUT2D eigenvalue weighted by Gasteiger charge is -2.25. The number of anilines is 1. The van der Waals surface area contributed by atoms with Gasteiger partial charge in [-0.3, -0.25) is 4.98 Å². The number of sulfonamides is 1. The van der Waals surface area contributed by atoms with E-state index in [1.54, 1.807) is 12.1 Å². The molecule has 0 unspecified atom stereocenters. The zero-order chi connectivity index (χ0) is 22.2. The van der Waals surface area contributed by atoms with Crippen molar-refractivity contribution in [2.45, 2.75) is 24.8 Å². The van der Waals surface area contributed by atoms with Crippen LogP contribution in [0.2, 0.25) is 0 Å². The Morgan fingerprint density at radius 2 is 1.84 bits per heavy atom. The van der Waals surface area contributed by atoms with Gasteiger partial charge in [-0.15, -0.1) is 0 Å². The normalized spacial score (nSPS) is 15.8. The molecule has 1 aromatic heterocycles. The maximum absolute atomic E-state index is 14.8. The van der Waals surface area contributed by atoms with Crippen LogP contribution in [0.15, 0.2) is 58.5 Å². The number of hydrogen-bond acceptors (Lipinski definition) is 4. The molecule has 0 bridgehead atoms. The van der Waals surface area contributed by atoms with Crippen molar-refractivity contribution in [3.63, 3.8) is 0 Å². The van der Waals surface area contributed by atoms with Crippen molar-refractivity contribution >= 4 is 21.7 Å². The van der Waals surface area contributed by atoms with E-state index in [-0.39, 0.29) is 35.9 Å². The van der Waals surface area contributed by atoms with Crippen molar-refractivity contribution in [2.24, 2.45) is 4.99 Å². The number of guanidine groups is 1. The molecule has 0 amide bonds. The Hall–Kier alpha value is -3.40. The van der Waals surface area contributed by atoms with E-state index in [1.807, 2.05) is 19.1 Å². The molecule has 31 heavy (non-hydrogen) atoms. The fourth-order valence-corrected chi connectivity index (χ4v) is 4.44. The standard InChI is InChI=1S/C21H17F3N4O2S/c1-12-5-2-3-6-13(12)9-14-19(24)16(23)10-18-20(14)27-21(28-31(18,29)30)26-11-17-15(22)7-4-8-25-17/h2-8,10H,9,11H2,1H3,(H2,26,27,28). The van der Waals surface area contributed by atoms with E-state index in [0.717, 1.165) is 5.56 Å². The van der Waals surface area contributed by atoms with Crippen LogP contribution in [0.4, 0.5) is 18.9 Å². The molecule has 6 nitrogen and oxygen atoms in total. The first kappa shape index (κ1) is 20.9. The molecule has 4 rings (SSSR count). The third-order valence-electron chi connectivity index (χ3n) is 4.89. The fourth-order valence-electron chi connectivity index (χ4n) is 3.25. The monoisotopic (exact) mass is 446 g/mol. The first-order valence-electron chi connectivity index (χ1n) is 9.25. The summed E-state index contributed by atoms with van der Waals surface area (Å²) >= 11 is 0. The number of hydrogen-bond donors (Lipinski definition) is 2. The summed E-state index contributed by atoms with van der Waals surface area (Å²) in [5.74, 6) is -3.26. The van der Waals surface area contributed by atoms with Gasteiger partial charge in [-0.2, -0.15) is 0 Å². The van der Waals surface area contributed by atoms with Gasteiger partial charge in [-0.25, -0.2) is 31.3 Å². The molecule has 0 radical (unpaired) electrons. The molecule has 1 aliphatic heterocycles. The zero-order valence-corrected chi connectivity index (χ0v) is 17.1. The van der Waals surface area contributed by atoms with Crippen molar-refractivity contribution < 1.29 is 21.6 Å². The first-order chi connectivity index (χ1) is 14.8. The molecular formula is C21H17F3N4O2S. The van der Waals surface area contributed by atoms with E-state index in [4.69, 9.17) is 0 Å². The molecule has 0 aliphatic carbocycles. The summed E-state index contributed by atoms with van der Waals surface area (Å²) in [6, 6.07) is 10.4. The fraction of sp³-hybridized carbons (Fsp3) is 0.143. The van der Waals surface area contributed by atoms with Crippen LogP contribution in [0.5, 0.6) is 0 Å². The van der Waals surface area contributed by atoms with Crippen molar-refractivity contribution in [3.05, 3.63) is 88.5 Å². The Kier molecular flexibility index (Phi) is 5.40. The number of halogens is 3. The number of benzene rings is 2. The number of aryl methyl sites for hydroxylation is 1. The second kappa shape index (κ2) is 8.03. The van der Waals surface area contributed by atoms with Crippen LogP contribution in [0.3, 0.4) is 0 Å². The molecule has 0 fully saturated rings. The van der Waals surface area contributed by atoms with Gasteiger partial charge in [0.25, 0.3) is 10.0 Å². The summed E-state index contributed by atoms with van der Waals surface area (Å²) in [4.78, 5) is 7.45. The highest BCUT2D eigenvalue weighted by atomic mass is 32.2. The third kappa shape index (κ3) is 4.11. The summed E-state index contributed by atoms with van der Waals surface area (Å²) in [6.07, 6.45) is 1.34. The quantitative estimate of drug-likeness (QED) is 0.641. The molecular weight excluding hydrogens is 429 g/mol. The lowest BCUT2D eigenvalue weighted by atomic mass is 9.98. The van der Waals surface area contributed by atoms with Crippen LogP contribution in [0, 0.1) is 24.4 Å². The molecule has 2 N–H and O–H groups in total. The molecule has 0 spiro atoms. The summed E-state index contributed by atoms with van der Waals surface area (Å²) in [5, 5.41) is 2.72. The van der Waals surface area contributed by atoms with Crippen molar-refractivity contribution in [1.29, 1.82) is 0 Å². The molecule has 160 valence electrons. The summed E-state index contributed by atoms with van der Waals surface area (Å²) in [7, 11) is -4.23. The van der Waals surface area contributed by atoms with Crippen LogP contribution in [-0.4, -0.2) is 19.4 Å². The Labute approximate surface area is 176 Å². The summed E-state index contributed by atoms with van der Waals surface area (Å²) in [5.41, 5.74) is 1.30. The molecule has 0 saturated carbocycles. The zero-order valence-electron chi connectivity index (χ0n) is 16.3. The minimum absolute atomic E-state index is 0.00668.